The Balaban J connectivity index is 1.43. The van der Waals surface area contributed by atoms with Gasteiger partial charge < -0.3 is 20.3 Å². The molecule has 1 aliphatic rings. The number of anilines is 1. The third-order valence-corrected chi connectivity index (χ3v) is 4.46. The molecule has 3 heterocycles. The van der Waals surface area contributed by atoms with Crippen LogP contribution in [-0.4, -0.2) is 32.4 Å². The molecular formula is C18H20N4O3. The molecule has 25 heavy (non-hydrogen) atoms. The van der Waals surface area contributed by atoms with E-state index in [1.165, 1.54) is 6.33 Å². The molecular weight excluding hydrogens is 320 g/mol. The fourth-order valence-corrected chi connectivity index (χ4v) is 3.19. The van der Waals surface area contributed by atoms with E-state index in [-0.39, 0.29) is 6.10 Å². The highest BCUT2D eigenvalue weighted by atomic mass is 16.6. The van der Waals surface area contributed by atoms with Gasteiger partial charge in [0, 0.05) is 6.42 Å². The van der Waals surface area contributed by atoms with Crippen molar-refractivity contribution in [3.63, 3.8) is 0 Å². The minimum atomic E-state index is -1.39. The Bertz CT molecular complexity index is 867. The van der Waals surface area contributed by atoms with Crippen LogP contribution in [0.25, 0.3) is 5.52 Å². The Morgan fingerprint density at radius 3 is 2.96 bits per heavy atom. The van der Waals surface area contributed by atoms with E-state index >= 15 is 0 Å². The Labute approximate surface area is 145 Å². The number of hydrogen-bond donors (Lipinski definition) is 2. The molecule has 2 aromatic heterocycles. The number of nitrogens with two attached hydrogens (primary N) is 1. The number of nitrogens with zero attached hydrogens (tertiary/aromatic N) is 3. The summed E-state index contributed by atoms with van der Waals surface area (Å²) in [5.41, 5.74) is 8.17. The minimum absolute atomic E-state index is 0.168. The van der Waals surface area contributed by atoms with Gasteiger partial charge in [-0.3, -0.25) is 0 Å². The van der Waals surface area contributed by atoms with Crippen LogP contribution in [0.5, 0.6) is 0 Å². The maximum absolute atomic E-state index is 10.9. The molecule has 4 rings (SSSR count). The first kappa shape index (κ1) is 16.0. The number of ether oxygens (including phenoxy) is 2. The molecule has 0 saturated carbocycles. The summed E-state index contributed by atoms with van der Waals surface area (Å²) in [6, 6.07) is 13.5. The Morgan fingerprint density at radius 2 is 2.12 bits per heavy atom. The van der Waals surface area contributed by atoms with Gasteiger partial charge in [0.15, 0.2) is 5.82 Å². The highest BCUT2D eigenvalue weighted by Gasteiger charge is 2.42. The van der Waals surface area contributed by atoms with Crippen LogP contribution in [0.4, 0.5) is 5.82 Å². The number of fused-ring (bicyclic) bond motifs is 1. The molecule has 0 aliphatic carbocycles. The van der Waals surface area contributed by atoms with Gasteiger partial charge in [0.1, 0.15) is 17.5 Å². The van der Waals surface area contributed by atoms with Gasteiger partial charge in [-0.15, -0.1) is 0 Å². The monoisotopic (exact) mass is 340 g/mol. The number of rotatable bonds is 5. The van der Waals surface area contributed by atoms with E-state index < -0.39 is 5.79 Å². The van der Waals surface area contributed by atoms with E-state index in [9.17, 15) is 5.11 Å². The Hall–Kier alpha value is -2.48. The molecule has 1 aromatic carbocycles. The summed E-state index contributed by atoms with van der Waals surface area (Å²) in [5, 5.41) is 15.1. The number of aromatic nitrogens is 3. The van der Waals surface area contributed by atoms with Gasteiger partial charge in [-0.1, -0.05) is 30.3 Å². The van der Waals surface area contributed by atoms with Crippen LogP contribution in [0.1, 0.15) is 24.1 Å². The summed E-state index contributed by atoms with van der Waals surface area (Å²) in [4.78, 5) is 3.96. The fourth-order valence-electron chi connectivity index (χ4n) is 3.19. The topological polar surface area (TPSA) is 94.9 Å². The van der Waals surface area contributed by atoms with E-state index in [2.05, 4.69) is 10.1 Å². The van der Waals surface area contributed by atoms with E-state index in [1.54, 1.807) is 16.6 Å². The average molecular weight is 340 g/mol. The molecule has 0 bridgehead atoms. The molecule has 1 aliphatic heterocycles. The van der Waals surface area contributed by atoms with E-state index in [4.69, 9.17) is 15.2 Å². The van der Waals surface area contributed by atoms with Gasteiger partial charge in [0.2, 0.25) is 5.79 Å². The van der Waals surface area contributed by atoms with Crippen molar-refractivity contribution in [2.75, 3.05) is 12.3 Å². The predicted octanol–water partition coefficient (Wildman–Crippen LogP) is 1.85. The number of benzene rings is 1. The van der Waals surface area contributed by atoms with Crippen molar-refractivity contribution < 1.29 is 14.6 Å². The molecule has 7 heteroatoms. The normalized spacial score (nSPS) is 23.3. The van der Waals surface area contributed by atoms with Gasteiger partial charge in [-0.25, -0.2) is 9.50 Å². The zero-order valence-corrected chi connectivity index (χ0v) is 13.7. The molecule has 0 spiro atoms. The Kier molecular flexibility index (Phi) is 4.12. The molecule has 130 valence electrons. The second kappa shape index (κ2) is 6.44. The number of nitrogen functional groups attached to an aromatic ring is 1. The van der Waals surface area contributed by atoms with Crippen LogP contribution in [0.15, 0.2) is 48.8 Å². The summed E-state index contributed by atoms with van der Waals surface area (Å²) >= 11 is 0. The molecule has 1 fully saturated rings. The lowest BCUT2D eigenvalue weighted by molar-refractivity contribution is -0.211. The molecule has 1 saturated heterocycles. The SMILES string of the molecule is Nc1ncnn2c(C3(O)CC[C@@H](COCc4ccccc4)O3)ccc12. The standard InChI is InChI=1S/C18H20N4O3/c19-17-15-6-7-16(22(15)21-12-20-17)18(23)9-8-14(25-18)11-24-10-13-4-2-1-3-5-13/h1-7,12,14,23H,8-11H2,(H2,19,20,21)/t14-,18?/m0/s1. The van der Waals surface area contributed by atoms with E-state index in [0.717, 1.165) is 5.56 Å². The van der Waals surface area contributed by atoms with Gasteiger partial charge in [0.05, 0.1) is 19.3 Å². The number of aliphatic hydroxyl groups is 1. The van der Waals surface area contributed by atoms with Crippen molar-refractivity contribution in [1.82, 2.24) is 14.6 Å². The molecule has 1 unspecified atom stereocenters. The van der Waals surface area contributed by atoms with Gasteiger partial charge in [-0.05, 0) is 24.1 Å². The summed E-state index contributed by atoms with van der Waals surface area (Å²) in [5.74, 6) is -1.03. The highest BCUT2D eigenvalue weighted by molar-refractivity contribution is 5.65. The third-order valence-electron chi connectivity index (χ3n) is 4.46. The fraction of sp³-hybridized carbons (Fsp3) is 0.333. The lowest BCUT2D eigenvalue weighted by atomic mass is 10.1. The second-order valence-electron chi connectivity index (χ2n) is 6.22. The van der Waals surface area contributed by atoms with Crippen LogP contribution < -0.4 is 5.73 Å². The summed E-state index contributed by atoms with van der Waals surface area (Å²) in [7, 11) is 0. The second-order valence-corrected chi connectivity index (χ2v) is 6.22. The van der Waals surface area contributed by atoms with Crippen molar-refractivity contribution in [1.29, 1.82) is 0 Å². The summed E-state index contributed by atoms with van der Waals surface area (Å²) in [6.07, 6.45) is 2.38. The minimum Gasteiger partial charge on any atom is -0.382 e. The first-order valence-electron chi connectivity index (χ1n) is 8.26. The first-order valence-corrected chi connectivity index (χ1v) is 8.26. The lowest BCUT2D eigenvalue weighted by Gasteiger charge is -2.23. The van der Waals surface area contributed by atoms with Crippen LogP contribution in [-0.2, 0) is 21.9 Å². The van der Waals surface area contributed by atoms with Crippen LogP contribution in [0, 0.1) is 0 Å². The largest absolute Gasteiger partial charge is 0.382 e. The van der Waals surface area contributed by atoms with Crippen molar-refractivity contribution in [3.8, 4) is 0 Å². The highest BCUT2D eigenvalue weighted by Crippen LogP contribution is 2.37. The van der Waals surface area contributed by atoms with E-state index in [0.29, 0.717) is 43.1 Å². The summed E-state index contributed by atoms with van der Waals surface area (Å²) < 4.78 is 13.2. The van der Waals surface area contributed by atoms with Crippen LogP contribution in [0.2, 0.25) is 0 Å². The zero-order chi connectivity index (χ0) is 17.3. The Morgan fingerprint density at radius 1 is 1.28 bits per heavy atom. The first-order chi connectivity index (χ1) is 12.2. The lowest BCUT2D eigenvalue weighted by Crippen LogP contribution is -2.29. The maximum atomic E-state index is 10.9. The smallest absolute Gasteiger partial charge is 0.210 e. The molecule has 0 amide bonds. The van der Waals surface area contributed by atoms with Gasteiger partial charge >= 0.3 is 0 Å². The van der Waals surface area contributed by atoms with Crippen LogP contribution >= 0.6 is 0 Å². The van der Waals surface area contributed by atoms with Gasteiger partial charge in [-0.2, -0.15) is 5.10 Å². The predicted molar refractivity (Wildman–Crippen MR) is 91.5 cm³/mol. The third kappa shape index (κ3) is 3.09. The van der Waals surface area contributed by atoms with Crippen molar-refractivity contribution >= 4 is 11.3 Å². The van der Waals surface area contributed by atoms with E-state index in [1.807, 2.05) is 30.3 Å². The molecule has 2 atom stereocenters. The molecule has 3 N–H and O–H groups in total. The van der Waals surface area contributed by atoms with Gasteiger partial charge in [0.25, 0.3) is 0 Å². The quantitative estimate of drug-likeness (QED) is 0.736. The zero-order valence-electron chi connectivity index (χ0n) is 13.7. The molecule has 7 nitrogen and oxygen atoms in total. The average Bonchev–Trinajstić information content (AvgIpc) is 3.22. The van der Waals surface area contributed by atoms with Crippen molar-refractivity contribution in [3.05, 3.63) is 60.0 Å². The van der Waals surface area contributed by atoms with Crippen molar-refractivity contribution in [2.24, 2.45) is 0 Å². The van der Waals surface area contributed by atoms with Crippen molar-refractivity contribution in [2.45, 2.75) is 31.3 Å². The number of hydrogen-bond acceptors (Lipinski definition) is 6. The van der Waals surface area contributed by atoms with Crippen LogP contribution in [0.3, 0.4) is 0 Å². The molecule has 0 radical (unpaired) electrons. The molecule has 3 aromatic rings. The summed E-state index contributed by atoms with van der Waals surface area (Å²) in [6.45, 7) is 0.953. The maximum Gasteiger partial charge on any atom is 0.210 e.